The summed E-state index contributed by atoms with van der Waals surface area (Å²) in [6.07, 6.45) is 4.46. The van der Waals surface area contributed by atoms with Crippen LogP contribution in [-0.4, -0.2) is 25.0 Å². The van der Waals surface area contributed by atoms with E-state index in [9.17, 15) is 0 Å². The van der Waals surface area contributed by atoms with Crippen molar-refractivity contribution in [2.24, 2.45) is 0 Å². The molecular formula is C14H15NO. The molecule has 2 nitrogen and oxygen atoms in total. The average molecular weight is 213 g/mol. The Hall–Kier alpha value is -1.54. The smallest absolute Gasteiger partial charge is 0.134 e. The molecule has 1 aromatic heterocycles. The first-order valence-electron chi connectivity index (χ1n) is 5.66. The van der Waals surface area contributed by atoms with E-state index in [0.29, 0.717) is 5.92 Å². The zero-order valence-electron chi connectivity index (χ0n) is 9.39. The molecule has 1 aliphatic rings. The van der Waals surface area contributed by atoms with Crippen molar-refractivity contribution in [1.82, 2.24) is 4.90 Å². The highest BCUT2D eigenvalue weighted by molar-refractivity contribution is 5.77. The van der Waals surface area contributed by atoms with Gasteiger partial charge in [-0.05, 0) is 19.2 Å². The Bertz CT molecular complexity index is 493. The summed E-state index contributed by atoms with van der Waals surface area (Å²) in [4.78, 5) is 2.30. The molecule has 1 unspecified atom stereocenters. The van der Waals surface area contributed by atoms with Gasteiger partial charge in [-0.3, -0.25) is 0 Å². The Morgan fingerprint density at radius 2 is 2.19 bits per heavy atom. The minimum Gasteiger partial charge on any atom is -0.460 e. The largest absolute Gasteiger partial charge is 0.460 e. The lowest BCUT2D eigenvalue weighted by Crippen LogP contribution is -2.27. The number of hydrogen-bond donors (Lipinski definition) is 0. The predicted molar refractivity (Wildman–Crippen MR) is 65.6 cm³/mol. The van der Waals surface area contributed by atoms with Crippen molar-refractivity contribution in [1.29, 1.82) is 0 Å². The van der Waals surface area contributed by atoms with Gasteiger partial charge in [0.05, 0.1) is 0 Å². The lowest BCUT2D eigenvalue weighted by molar-refractivity contribution is 0.329. The molecule has 2 heteroatoms. The molecule has 0 radical (unpaired) electrons. The molecule has 82 valence electrons. The van der Waals surface area contributed by atoms with Crippen LogP contribution in [0.3, 0.4) is 0 Å². The average Bonchev–Trinajstić information content (AvgIpc) is 2.72. The highest BCUT2D eigenvalue weighted by Gasteiger charge is 2.17. The van der Waals surface area contributed by atoms with Gasteiger partial charge in [-0.25, -0.2) is 0 Å². The fraction of sp³-hybridized carbons (Fsp3) is 0.286. The van der Waals surface area contributed by atoms with E-state index >= 15 is 0 Å². The van der Waals surface area contributed by atoms with Gasteiger partial charge >= 0.3 is 0 Å². The Morgan fingerprint density at radius 1 is 1.31 bits per heavy atom. The Labute approximate surface area is 95.2 Å². The molecule has 0 aliphatic carbocycles. The van der Waals surface area contributed by atoms with Crippen LogP contribution in [0.4, 0.5) is 0 Å². The van der Waals surface area contributed by atoms with Gasteiger partial charge in [0, 0.05) is 24.4 Å². The fourth-order valence-electron chi connectivity index (χ4n) is 2.25. The molecule has 0 amide bonds. The zero-order chi connectivity index (χ0) is 11.0. The fourth-order valence-corrected chi connectivity index (χ4v) is 2.25. The van der Waals surface area contributed by atoms with Crippen molar-refractivity contribution in [2.45, 2.75) is 5.92 Å². The molecule has 2 aromatic rings. The minimum absolute atomic E-state index is 0.395. The zero-order valence-corrected chi connectivity index (χ0v) is 9.39. The highest BCUT2D eigenvalue weighted by Crippen LogP contribution is 2.27. The van der Waals surface area contributed by atoms with Crippen LogP contribution >= 0.6 is 0 Å². The number of fused-ring (bicyclic) bond motifs is 1. The number of benzene rings is 1. The second-order valence-electron chi connectivity index (χ2n) is 4.44. The van der Waals surface area contributed by atoms with Gasteiger partial charge in [-0.15, -0.1) is 0 Å². The molecule has 2 heterocycles. The maximum atomic E-state index is 5.88. The summed E-state index contributed by atoms with van der Waals surface area (Å²) < 4.78 is 5.88. The Balaban J connectivity index is 1.99. The second kappa shape index (κ2) is 3.80. The van der Waals surface area contributed by atoms with Crippen molar-refractivity contribution < 1.29 is 4.42 Å². The summed E-state index contributed by atoms with van der Waals surface area (Å²) in [5.41, 5.74) is 0.985. The van der Waals surface area contributed by atoms with Gasteiger partial charge in [-0.1, -0.05) is 30.4 Å². The highest BCUT2D eigenvalue weighted by atomic mass is 16.3. The maximum absolute atomic E-state index is 5.88. The molecule has 0 N–H and O–H groups in total. The third-order valence-electron chi connectivity index (χ3n) is 3.10. The topological polar surface area (TPSA) is 16.4 Å². The predicted octanol–water partition coefficient (Wildman–Crippen LogP) is 3.02. The van der Waals surface area contributed by atoms with Crippen LogP contribution in [0.5, 0.6) is 0 Å². The number of furan rings is 1. The van der Waals surface area contributed by atoms with E-state index in [1.54, 1.807) is 0 Å². The van der Waals surface area contributed by atoms with Gasteiger partial charge < -0.3 is 9.32 Å². The first-order valence-corrected chi connectivity index (χ1v) is 5.66. The van der Waals surface area contributed by atoms with Crippen molar-refractivity contribution in [2.75, 3.05) is 20.1 Å². The van der Waals surface area contributed by atoms with Crippen molar-refractivity contribution >= 4 is 11.0 Å². The molecule has 0 saturated carbocycles. The van der Waals surface area contributed by atoms with Crippen molar-refractivity contribution in [3.63, 3.8) is 0 Å². The third-order valence-corrected chi connectivity index (χ3v) is 3.10. The van der Waals surface area contributed by atoms with Crippen molar-refractivity contribution in [3.05, 3.63) is 48.2 Å². The van der Waals surface area contributed by atoms with E-state index in [2.05, 4.69) is 36.2 Å². The second-order valence-corrected chi connectivity index (χ2v) is 4.44. The van der Waals surface area contributed by atoms with Gasteiger partial charge in [0.1, 0.15) is 11.3 Å². The van der Waals surface area contributed by atoms with Crippen LogP contribution < -0.4 is 0 Å². The summed E-state index contributed by atoms with van der Waals surface area (Å²) >= 11 is 0. The SMILES string of the molecule is CN1CC=CC(c2cc3ccccc3o2)C1. The normalized spacial score (nSPS) is 21.7. The number of likely N-dealkylation sites (N-methyl/N-ethyl adjacent to an activating group) is 1. The lowest BCUT2D eigenvalue weighted by atomic mass is 10.0. The Morgan fingerprint density at radius 3 is 3.00 bits per heavy atom. The Kier molecular flexibility index (Phi) is 2.29. The number of hydrogen-bond acceptors (Lipinski definition) is 2. The van der Waals surface area contributed by atoms with E-state index in [4.69, 9.17) is 4.42 Å². The van der Waals surface area contributed by atoms with Crippen LogP contribution in [0.1, 0.15) is 11.7 Å². The summed E-state index contributed by atoms with van der Waals surface area (Å²) in [5, 5.41) is 1.19. The van der Waals surface area contributed by atoms with Gasteiger partial charge in [0.2, 0.25) is 0 Å². The summed E-state index contributed by atoms with van der Waals surface area (Å²) in [6.45, 7) is 2.08. The minimum atomic E-state index is 0.395. The number of rotatable bonds is 1. The molecule has 1 aliphatic heterocycles. The van der Waals surface area contributed by atoms with Crippen LogP contribution in [-0.2, 0) is 0 Å². The van der Waals surface area contributed by atoms with Crippen LogP contribution in [0.15, 0.2) is 46.9 Å². The molecule has 0 bridgehead atoms. The maximum Gasteiger partial charge on any atom is 0.134 e. The lowest BCUT2D eigenvalue weighted by Gasteiger charge is -2.23. The first-order chi connectivity index (χ1) is 7.83. The first kappa shape index (κ1) is 9.67. The molecule has 0 spiro atoms. The quantitative estimate of drug-likeness (QED) is 0.677. The van der Waals surface area contributed by atoms with Gasteiger partial charge in [0.25, 0.3) is 0 Å². The van der Waals surface area contributed by atoms with Crippen LogP contribution in [0, 0.1) is 0 Å². The molecule has 1 aromatic carbocycles. The van der Waals surface area contributed by atoms with E-state index in [1.165, 1.54) is 5.39 Å². The van der Waals surface area contributed by atoms with Crippen LogP contribution in [0.2, 0.25) is 0 Å². The van der Waals surface area contributed by atoms with Gasteiger partial charge in [-0.2, -0.15) is 0 Å². The van der Waals surface area contributed by atoms with E-state index in [1.807, 2.05) is 18.2 Å². The third kappa shape index (κ3) is 1.65. The molecule has 0 saturated heterocycles. The monoisotopic (exact) mass is 213 g/mol. The molecule has 1 atom stereocenters. The summed E-state index contributed by atoms with van der Waals surface area (Å²) in [5.74, 6) is 1.47. The number of nitrogens with zero attached hydrogens (tertiary/aromatic N) is 1. The molecule has 0 fully saturated rings. The van der Waals surface area contributed by atoms with E-state index < -0.39 is 0 Å². The van der Waals surface area contributed by atoms with E-state index in [0.717, 1.165) is 24.4 Å². The molecule has 16 heavy (non-hydrogen) atoms. The van der Waals surface area contributed by atoms with Crippen molar-refractivity contribution in [3.8, 4) is 0 Å². The molecule has 3 rings (SSSR count). The standard InChI is InChI=1S/C14H15NO/c1-15-8-4-6-12(10-15)14-9-11-5-2-3-7-13(11)16-14/h2-7,9,12H,8,10H2,1H3. The van der Waals surface area contributed by atoms with E-state index in [-0.39, 0.29) is 0 Å². The summed E-state index contributed by atoms with van der Waals surface area (Å²) in [6, 6.07) is 10.3. The van der Waals surface area contributed by atoms with Crippen LogP contribution in [0.25, 0.3) is 11.0 Å². The molecular weight excluding hydrogens is 198 g/mol. The number of para-hydroxylation sites is 1. The van der Waals surface area contributed by atoms with Gasteiger partial charge in [0.15, 0.2) is 0 Å². The summed E-state index contributed by atoms with van der Waals surface area (Å²) in [7, 11) is 2.14.